The van der Waals surface area contributed by atoms with Crippen LogP contribution in [0.15, 0.2) is 24.3 Å². The van der Waals surface area contributed by atoms with Gasteiger partial charge in [-0.15, -0.1) is 0 Å². The van der Waals surface area contributed by atoms with Crippen LogP contribution >= 0.6 is 0 Å². The minimum atomic E-state index is 0.225. The molecule has 11 heavy (non-hydrogen) atoms. The molecule has 1 nitrogen and oxygen atoms in total. The first-order valence-electron chi connectivity index (χ1n) is 3.53. The molecule has 0 amide bonds. The van der Waals surface area contributed by atoms with Crippen molar-refractivity contribution in [1.82, 2.24) is 0 Å². The third-order valence-electron chi connectivity index (χ3n) is 1.47. The summed E-state index contributed by atoms with van der Waals surface area (Å²) in [5.74, 6) is 0.225. The predicted octanol–water partition coefficient (Wildman–Crippen LogP) is 1.45. The molecule has 0 aliphatic heterocycles. The quantitative estimate of drug-likeness (QED) is 0.743. The molecule has 0 unspecified atom stereocenters. The number of rotatable bonds is 2. The van der Waals surface area contributed by atoms with Gasteiger partial charge in [0.2, 0.25) is 0 Å². The van der Waals surface area contributed by atoms with Gasteiger partial charge in [0.25, 0.3) is 0 Å². The summed E-state index contributed by atoms with van der Waals surface area (Å²) in [7, 11) is 0. The van der Waals surface area contributed by atoms with Crippen LogP contribution in [-0.2, 0) is 0 Å². The number of carbonyl (C=O) groups excluding carboxylic acids is 1. The van der Waals surface area contributed by atoms with Gasteiger partial charge < -0.3 is 0 Å². The summed E-state index contributed by atoms with van der Waals surface area (Å²) < 4.78 is 1.20. The van der Waals surface area contributed by atoms with Crippen molar-refractivity contribution in [2.75, 3.05) is 0 Å². The molecule has 1 aromatic carbocycles. The number of hydrogen-bond acceptors (Lipinski definition) is 1. The van der Waals surface area contributed by atoms with E-state index in [-0.39, 0.29) is 5.78 Å². The summed E-state index contributed by atoms with van der Waals surface area (Å²) in [6, 6.07) is 7.76. The monoisotopic (exact) mass is 344 g/mol. The van der Waals surface area contributed by atoms with E-state index >= 15 is 0 Å². The van der Waals surface area contributed by atoms with E-state index in [0.29, 0.717) is 6.42 Å². The van der Waals surface area contributed by atoms with Crippen LogP contribution in [0.25, 0.3) is 0 Å². The molecule has 0 aliphatic carbocycles. The van der Waals surface area contributed by atoms with Gasteiger partial charge in [-0.05, 0) is 0 Å². The first kappa shape index (κ1) is 8.87. The van der Waals surface area contributed by atoms with Gasteiger partial charge in [0.15, 0.2) is 0 Å². The number of ketones is 1. The molecular formula is C9H9AtO. The van der Waals surface area contributed by atoms with Crippen molar-refractivity contribution >= 4 is 9.05 Å². The van der Waals surface area contributed by atoms with E-state index in [1.807, 2.05) is 31.2 Å². The van der Waals surface area contributed by atoms with Crippen LogP contribution in [0.1, 0.15) is 23.7 Å². The van der Waals surface area contributed by atoms with Crippen molar-refractivity contribution < 1.29 is 29.5 Å². The van der Waals surface area contributed by atoms with Crippen LogP contribution in [0.2, 0.25) is 0 Å². The Balaban J connectivity index is 2.96. The van der Waals surface area contributed by atoms with Gasteiger partial charge in [0.05, 0.1) is 0 Å². The van der Waals surface area contributed by atoms with E-state index in [1.165, 1.54) is 3.27 Å². The van der Waals surface area contributed by atoms with Gasteiger partial charge in [-0.2, -0.15) is 0 Å². The van der Waals surface area contributed by atoms with E-state index < -0.39 is 0 Å². The fraction of sp³-hybridized carbons (Fsp3) is 0.222. The van der Waals surface area contributed by atoms with E-state index in [1.54, 1.807) is 24.7 Å². The molecule has 1 aromatic rings. The molecule has 0 saturated heterocycles. The van der Waals surface area contributed by atoms with Gasteiger partial charge in [0, 0.05) is 0 Å². The SMILES string of the molecule is CCC(=O)c1cccc([211At])c1. The predicted molar refractivity (Wildman–Crippen MR) is 40.7 cm³/mol. The zero-order valence-corrected chi connectivity index (χ0v) is 9.24. The van der Waals surface area contributed by atoms with Crippen LogP contribution in [0.3, 0.4) is 0 Å². The maximum absolute atomic E-state index is 11.2. The van der Waals surface area contributed by atoms with Crippen molar-refractivity contribution in [3.05, 3.63) is 29.8 Å². The Labute approximate surface area is 81.7 Å². The summed E-state index contributed by atoms with van der Waals surface area (Å²) in [6.07, 6.45) is 0.593. The molecule has 0 aromatic heterocycles. The minimum absolute atomic E-state index is 0.225. The van der Waals surface area contributed by atoms with E-state index in [0.717, 1.165) is 5.56 Å². The standard InChI is InChI=1S/C9H9AtO/c1-2-9(11)7-4-3-5-8(10)6-7/h3-6H,2H2,1H3/i10+1. The maximum atomic E-state index is 11.2. The molecule has 2 heteroatoms. The van der Waals surface area contributed by atoms with E-state index in [2.05, 4.69) is 0 Å². The summed E-state index contributed by atoms with van der Waals surface area (Å²) in [6.45, 7) is 1.88. The number of Topliss-reactive ketones (excluding diaryl/α,β-unsaturated/α-hetero) is 1. The summed E-state index contributed by atoms with van der Waals surface area (Å²) >= 11 is 1.60. The zero-order valence-electron chi connectivity index (χ0n) is 6.30. The van der Waals surface area contributed by atoms with Gasteiger partial charge >= 0.3 is 81.7 Å². The number of hydrogen-bond donors (Lipinski definition) is 0. The summed E-state index contributed by atoms with van der Waals surface area (Å²) in [5.41, 5.74) is 0.840. The average molecular weight is 344 g/mol. The van der Waals surface area contributed by atoms with Gasteiger partial charge in [-0.3, -0.25) is 0 Å². The van der Waals surface area contributed by atoms with Crippen LogP contribution in [0, 0.1) is 24.7 Å². The molecule has 0 saturated carbocycles. The molecule has 0 radical (unpaired) electrons. The molecule has 0 aliphatic rings. The van der Waals surface area contributed by atoms with Crippen molar-refractivity contribution in [3.63, 3.8) is 0 Å². The number of benzene rings is 1. The summed E-state index contributed by atoms with van der Waals surface area (Å²) in [4.78, 5) is 11.2. The third kappa shape index (κ3) is 2.37. The van der Waals surface area contributed by atoms with E-state index in [4.69, 9.17) is 0 Å². The zero-order chi connectivity index (χ0) is 8.27. The molecule has 0 N–H and O–H groups in total. The first-order valence-corrected chi connectivity index (χ1v) is 4.99. The molecule has 0 fully saturated rings. The van der Waals surface area contributed by atoms with Gasteiger partial charge in [-0.25, -0.2) is 0 Å². The second-order valence-corrected chi connectivity index (χ2v) is 3.98. The van der Waals surface area contributed by atoms with E-state index in [9.17, 15) is 4.79 Å². The second-order valence-electron chi connectivity index (χ2n) is 2.29. The fourth-order valence-corrected chi connectivity index (χ4v) is 1.61. The Morgan fingerprint density at radius 2 is 2.27 bits per heavy atom. The van der Waals surface area contributed by atoms with Crippen molar-refractivity contribution in [1.29, 1.82) is 0 Å². The number of carbonyl (C=O) groups is 1. The van der Waals surface area contributed by atoms with Crippen molar-refractivity contribution in [2.24, 2.45) is 0 Å². The molecule has 0 atom stereocenters. The average Bonchev–Trinajstić information content (AvgIpc) is 2.03. The molecule has 0 heterocycles. The Kier molecular flexibility index (Phi) is 3.20. The third-order valence-corrected chi connectivity index (χ3v) is 2.38. The Bertz CT molecular complexity index is 268. The topological polar surface area (TPSA) is 17.1 Å². The van der Waals surface area contributed by atoms with Crippen LogP contribution in [0.5, 0.6) is 0 Å². The summed E-state index contributed by atoms with van der Waals surface area (Å²) in [5, 5.41) is 0. The van der Waals surface area contributed by atoms with Crippen LogP contribution < -0.4 is 3.27 Å². The van der Waals surface area contributed by atoms with Gasteiger partial charge in [-0.1, -0.05) is 0 Å². The Hall–Kier alpha value is -0.227. The molecule has 58 valence electrons. The van der Waals surface area contributed by atoms with Crippen LogP contribution in [-0.4, -0.2) is 5.78 Å². The van der Waals surface area contributed by atoms with Crippen LogP contribution in [0.4, 0.5) is 0 Å². The second kappa shape index (κ2) is 3.97. The normalized spacial score (nSPS) is 9.64. The van der Waals surface area contributed by atoms with Crippen molar-refractivity contribution in [2.45, 2.75) is 13.3 Å². The molecule has 0 bridgehead atoms. The first-order chi connectivity index (χ1) is 5.24. The molecule has 1 rings (SSSR count). The molecule has 0 spiro atoms. The Morgan fingerprint density at radius 1 is 1.55 bits per heavy atom. The Morgan fingerprint density at radius 3 is 2.82 bits per heavy atom. The van der Waals surface area contributed by atoms with Gasteiger partial charge in [0.1, 0.15) is 0 Å². The fourth-order valence-electron chi connectivity index (χ4n) is 0.866. The van der Waals surface area contributed by atoms with Crippen molar-refractivity contribution in [3.8, 4) is 0 Å². The molecular weight excluding hydrogens is 335 g/mol.